The van der Waals surface area contributed by atoms with Crippen LogP contribution in [0.2, 0.25) is 0 Å². The number of amides is 1. The summed E-state index contributed by atoms with van der Waals surface area (Å²) in [5, 5.41) is 3.76. The molecule has 1 heterocycles. The second kappa shape index (κ2) is 5.49. The van der Waals surface area contributed by atoms with E-state index in [1.54, 1.807) is 17.9 Å². The minimum absolute atomic E-state index is 0.0989. The number of aromatic nitrogens is 1. The van der Waals surface area contributed by atoms with E-state index in [0.717, 1.165) is 5.56 Å². The summed E-state index contributed by atoms with van der Waals surface area (Å²) in [6, 6.07) is 11.6. The number of aryl methyl sites for hydroxylation is 1. The zero-order chi connectivity index (χ0) is 13.0. The van der Waals surface area contributed by atoms with E-state index >= 15 is 0 Å². The Morgan fingerprint density at radius 3 is 2.61 bits per heavy atom. The first-order valence-corrected chi connectivity index (χ1v) is 5.97. The molecule has 0 aliphatic carbocycles. The Hall–Kier alpha value is -2.10. The number of hydrogen-bond acceptors (Lipinski definition) is 3. The van der Waals surface area contributed by atoms with Gasteiger partial charge < -0.3 is 9.42 Å². The van der Waals surface area contributed by atoms with Crippen molar-refractivity contribution in [2.75, 3.05) is 6.54 Å². The molecule has 2 aromatic rings. The van der Waals surface area contributed by atoms with Gasteiger partial charge in [0.25, 0.3) is 5.91 Å². The van der Waals surface area contributed by atoms with Gasteiger partial charge in [-0.1, -0.05) is 35.5 Å². The summed E-state index contributed by atoms with van der Waals surface area (Å²) in [7, 11) is 0. The Kier molecular flexibility index (Phi) is 3.77. The van der Waals surface area contributed by atoms with Gasteiger partial charge in [-0.15, -0.1) is 0 Å². The lowest BCUT2D eigenvalue weighted by molar-refractivity contribution is 0.0742. The highest BCUT2D eigenvalue weighted by Crippen LogP contribution is 2.10. The summed E-state index contributed by atoms with van der Waals surface area (Å²) < 4.78 is 4.93. The monoisotopic (exact) mass is 244 g/mol. The molecule has 0 aliphatic heterocycles. The van der Waals surface area contributed by atoms with Gasteiger partial charge in [0.15, 0.2) is 5.69 Å². The van der Waals surface area contributed by atoms with Gasteiger partial charge in [-0.25, -0.2) is 0 Å². The predicted octanol–water partition coefficient (Wildman–Crippen LogP) is 2.65. The third kappa shape index (κ3) is 2.77. The van der Waals surface area contributed by atoms with Crippen molar-refractivity contribution in [1.29, 1.82) is 0 Å². The lowest BCUT2D eigenvalue weighted by atomic mass is 10.2. The van der Waals surface area contributed by atoms with Crippen LogP contribution in [0.3, 0.4) is 0 Å². The Morgan fingerprint density at radius 1 is 1.33 bits per heavy atom. The zero-order valence-corrected chi connectivity index (χ0v) is 10.6. The summed E-state index contributed by atoms with van der Waals surface area (Å²) in [6.45, 7) is 4.95. The number of carbonyl (C=O) groups is 1. The molecule has 4 nitrogen and oxygen atoms in total. The molecule has 0 bridgehead atoms. The van der Waals surface area contributed by atoms with Gasteiger partial charge in [-0.2, -0.15) is 0 Å². The van der Waals surface area contributed by atoms with Gasteiger partial charge in [-0.05, 0) is 19.4 Å². The lowest BCUT2D eigenvalue weighted by Gasteiger charge is -2.19. The first kappa shape index (κ1) is 12.4. The molecule has 0 atom stereocenters. The quantitative estimate of drug-likeness (QED) is 0.830. The van der Waals surface area contributed by atoms with E-state index < -0.39 is 0 Å². The van der Waals surface area contributed by atoms with Crippen LogP contribution in [0.4, 0.5) is 0 Å². The third-order valence-corrected chi connectivity index (χ3v) is 2.73. The lowest BCUT2D eigenvalue weighted by Crippen LogP contribution is -2.30. The van der Waals surface area contributed by atoms with Crippen molar-refractivity contribution in [3.8, 4) is 0 Å². The van der Waals surface area contributed by atoms with Gasteiger partial charge in [0.2, 0.25) is 0 Å². The van der Waals surface area contributed by atoms with E-state index in [9.17, 15) is 4.79 Å². The molecule has 0 saturated carbocycles. The number of benzene rings is 1. The third-order valence-electron chi connectivity index (χ3n) is 2.73. The fraction of sp³-hybridized carbons (Fsp3) is 0.286. The Labute approximate surface area is 106 Å². The second-order valence-electron chi connectivity index (χ2n) is 4.13. The highest BCUT2D eigenvalue weighted by atomic mass is 16.5. The van der Waals surface area contributed by atoms with Crippen molar-refractivity contribution in [3.63, 3.8) is 0 Å². The van der Waals surface area contributed by atoms with Gasteiger partial charge >= 0.3 is 0 Å². The summed E-state index contributed by atoms with van der Waals surface area (Å²) in [5.74, 6) is 0.548. The van der Waals surface area contributed by atoms with Crippen LogP contribution in [0.1, 0.15) is 28.7 Å². The normalized spacial score (nSPS) is 10.3. The molecule has 18 heavy (non-hydrogen) atoms. The number of carbonyl (C=O) groups excluding carboxylic acids is 1. The van der Waals surface area contributed by atoms with Crippen molar-refractivity contribution < 1.29 is 9.32 Å². The Morgan fingerprint density at radius 2 is 2.06 bits per heavy atom. The fourth-order valence-electron chi connectivity index (χ4n) is 1.76. The smallest absolute Gasteiger partial charge is 0.276 e. The maximum atomic E-state index is 12.2. The molecular weight excluding hydrogens is 228 g/mol. The number of rotatable bonds is 4. The van der Waals surface area contributed by atoms with Crippen molar-refractivity contribution in [3.05, 3.63) is 53.4 Å². The van der Waals surface area contributed by atoms with Crippen LogP contribution < -0.4 is 0 Å². The van der Waals surface area contributed by atoms with Crippen LogP contribution in [0, 0.1) is 6.92 Å². The molecule has 2 rings (SSSR count). The number of nitrogens with zero attached hydrogens (tertiary/aromatic N) is 2. The summed E-state index contributed by atoms with van der Waals surface area (Å²) >= 11 is 0. The molecule has 0 spiro atoms. The maximum Gasteiger partial charge on any atom is 0.276 e. The van der Waals surface area contributed by atoms with Gasteiger partial charge in [0.1, 0.15) is 5.76 Å². The van der Waals surface area contributed by atoms with E-state index in [2.05, 4.69) is 5.16 Å². The molecule has 4 heteroatoms. The molecule has 0 saturated heterocycles. The van der Waals surface area contributed by atoms with Crippen LogP contribution in [0.25, 0.3) is 0 Å². The molecule has 0 radical (unpaired) electrons. The molecular formula is C14H16N2O2. The fourth-order valence-corrected chi connectivity index (χ4v) is 1.76. The topological polar surface area (TPSA) is 46.3 Å². The SMILES string of the molecule is CCN(Cc1ccccc1)C(=O)c1cc(C)on1. The van der Waals surface area contributed by atoms with E-state index in [1.807, 2.05) is 37.3 Å². The minimum atomic E-state index is -0.0989. The summed E-state index contributed by atoms with van der Waals surface area (Å²) in [5.41, 5.74) is 1.47. The van der Waals surface area contributed by atoms with E-state index in [1.165, 1.54) is 0 Å². The van der Waals surface area contributed by atoms with Gasteiger partial charge in [0.05, 0.1) is 0 Å². The van der Waals surface area contributed by atoms with Crippen molar-refractivity contribution in [1.82, 2.24) is 10.1 Å². The van der Waals surface area contributed by atoms with Crippen molar-refractivity contribution in [2.45, 2.75) is 20.4 Å². The van der Waals surface area contributed by atoms with Gasteiger partial charge in [0, 0.05) is 19.2 Å². The Balaban J connectivity index is 2.12. The highest BCUT2D eigenvalue weighted by Gasteiger charge is 2.17. The number of hydrogen-bond donors (Lipinski definition) is 0. The van der Waals surface area contributed by atoms with Crippen molar-refractivity contribution in [2.24, 2.45) is 0 Å². The van der Waals surface area contributed by atoms with Crippen LogP contribution in [0.5, 0.6) is 0 Å². The van der Waals surface area contributed by atoms with Crippen molar-refractivity contribution >= 4 is 5.91 Å². The molecule has 1 amide bonds. The average Bonchev–Trinajstić information content (AvgIpc) is 2.83. The summed E-state index contributed by atoms with van der Waals surface area (Å²) in [4.78, 5) is 13.9. The Bertz CT molecular complexity index is 520. The average molecular weight is 244 g/mol. The summed E-state index contributed by atoms with van der Waals surface area (Å²) in [6.07, 6.45) is 0. The van der Waals surface area contributed by atoms with Crippen LogP contribution in [-0.4, -0.2) is 22.5 Å². The zero-order valence-electron chi connectivity index (χ0n) is 10.6. The predicted molar refractivity (Wildman–Crippen MR) is 68.1 cm³/mol. The largest absolute Gasteiger partial charge is 0.361 e. The van der Waals surface area contributed by atoms with Gasteiger partial charge in [-0.3, -0.25) is 4.79 Å². The van der Waals surface area contributed by atoms with Crippen LogP contribution in [0.15, 0.2) is 40.9 Å². The van der Waals surface area contributed by atoms with E-state index in [4.69, 9.17) is 4.52 Å². The van der Waals surface area contributed by atoms with E-state index in [0.29, 0.717) is 24.5 Å². The molecule has 1 aromatic heterocycles. The first-order valence-electron chi connectivity index (χ1n) is 5.97. The highest BCUT2D eigenvalue weighted by molar-refractivity contribution is 5.92. The molecule has 0 unspecified atom stereocenters. The molecule has 1 aromatic carbocycles. The molecule has 0 aliphatic rings. The van der Waals surface area contributed by atoms with Crippen LogP contribution in [-0.2, 0) is 6.54 Å². The standard InChI is InChI=1S/C14H16N2O2/c1-3-16(10-12-7-5-4-6-8-12)14(17)13-9-11(2)18-15-13/h4-9H,3,10H2,1-2H3. The maximum absolute atomic E-state index is 12.2. The molecule has 94 valence electrons. The molecule has 0 N–H and O–H groups in total. The second-order valence-corrected chi connectivity index (χ2v) is 4.13. The van der Waals surface area contributed by atoms with Crippen LogP contribution >= 0.6 is 0 Å². The van der Waals surface area contributed by atoms with E-state index in [-0.39, 0.29) is 5.91 Å². The minimum Gasteiger partial charge on any atom is -0.361 e. The molecule has 0 fully saturated rings. The first-order chi connectivity index (χ1) is 8.70.